The van der Waals surface area contributed by atoms with Gasteiger partial charge in [-0.2, -0.15) is 0 Å². The lowest BCUT2D eigenvalue weighted by Crippen LogP contribution is -1.99. The van der Waals surface area contributed by atoms with Gasteiger partial charge >= 0.3 is 0 Å². The number of alkyl halides is 1. The molecule has 0 aliphatic rings. The van der Waals surface area contributed by atoms with Crippen LogP contribution in [0.15, 0.2) is 12.1 Å². The largest absolute Gasteiger partial charge is 0.392 e. The highest BCUT2D eigenvalue weighted by Gasteiger charge is 2.16. The van der Waals surface area contributed by atoms with Crippen molar-refractivity contribution in [3.05, 3.63) is 33.6 Å². The van der Waals surface area contributed by atoms with Gasteiger partial charge in [0.15, 0.2) is 0 Å². The van der Waals surface area contributed by atoms with E-state index in [1.807, 2.05) is 0 Å². The Bertz CT molecular complexity index is 465. The first-order valence-corrected chi connectivity index (χ1v) is 4.96. The average molecular weight is 273 g/mol. The molecule has 0 aromatic heterocycles. The van der Waals surface area contributed by atoms with Crippen molar-refractivity contribution in [2.24, 2.45) is 0 Å². The molecule has 15 heavy (non-hydrogen) atoms. The molecule has 4 nitrogen and oxygen atoms in total. The van der Waals surface area contributed by atoms with Crippen LogP contribution in [0.1, 0.15) is 5.56 Å². The normalized spacial score (nSPS) is 9.20. The van der Waals surface area contributed by atoms with E-state index in [9.17, 15) is 14.5 Å². The van der Waals surface area contributed by atoms with Crippen molar-refractivity contribution in [1.29, 1.82) is 0 Å². The standard InChI is InChI=1S/C9H6BrFN2O2/c10-3-1-2-6-4-7(11)5-8(9(6)12)13(14)15/h4-5H,3,12H2. The van der Waals surface area contributed by atoms with Gasteiger partial charge in [0.25, 0.3) is 5.69 Å². The molecule has 0 bridgehead atoms. The topological polar surface area (TPSA) is 69.2 Å². The summed E-state index contributed by atoms with van der Waals surface area (Å²) < 4.78 is 13.0. The van der Waals surface area contributed by atoms with Crippen LogP contribution in [0, 0.1) is 27.8 Å². The zero-order valence-corrected chi connectivity index (χ0v) is 9.04. The maximum Gasteiger partial charge on any atom is 0.296 e. The summed E-state index contributed by atoms with van der Waals surface area (Å²) in [6.45, 7) is 0. The van der Waals surface area contributed by atoms with E-state index < -0.39 is 16.4 Å². The summed E-state index contributed by atoms with van der Waals surface area (Å²) in [5, 5.41) is 10.9. The van der Waals surface area contributed by atoms with Crippen LogP contribution in [0.2, 0.25) is 0 Å². The summed E-state index contributed by atoms with van der Waals surface area (Å²) in [6.07, 6.45) is 0. The van der Waals surface area contributed by atoms with Crippen molar-refractivity contribution >= 4 is 27.3 Å². The van der Waals surface area contributed by atoms with E-state index in [-0.39, 0.29) is 11.3 Å². The van der Waals surface area contributed by atoms with Crippen molar-refractivity contribution in [3.63, 3.8) is 0 Å². The van der Waals surface area contributed by atoms with Crippen LogP contribution in [-0.4, -0.2) is 10.3 Å². The number of rotatable bonds is 1. The number of nitrogens with two attached hydrogens (primary N) is 1. The summed E-state index contributed by atoms with van der Waals surface area (Å²) in [5.74, 6) is 4.40. The second-order valence-corrected chi connectivity index (χ2v) is 3.14. The lowest BCUT2D eigenvalue weighted by molar-refractivity contribution is -0.384. The number of nitrogen functional groups attached to an aromatic ring is 1. The van der Waals surface area contributed by atoms with Crippen LogP contribution in [0.3, 0.4) is 0 Å². The Morgan fingerprint density at radius 3 is 2.80 bits per heavy atom. The second-order valence-electron chi connectivity index (χ2n) is 2.58. The van der Waals surface area contributed by atoms with Gasteiger partial charge in [-0.25, -0.2) is 4.39 Å². The summed E-state index contributed by atoms with van der Waals surface area (Å²) in [4.78, 5) is 9.76. The molecular weight excluding hydrogens is 267 g/mol. The molecule has 0 radical (unpaired) electrons. The fraction of sp³-hybridized carbons (Fsp3) is 0.111. The lowest BCUT2D eigenvalue weighted by atomic mass is 10.1. The summed E-state index contributed by atoms with van der Waals surface area (Å²) in [6, 6.07) is 1.84. The molecule has 0 fully saturated rings. The van der Waals surface area contributed by atoms with Crippen LogP contribution in [0.5, 0.6) is 0 Å². The fourth-order valence-corrected chi connectivity index (χ4v) is 1.13. The van der Waals surface area contributed by atoms with Crippen LogP contribution in [0.4, 0.5) is 15.8 Å². The van der Waals surface area contributed by atoms with Crippen molar-refractivity contribution < 1.29 is 9.31 Å². The Labute approximate surface area is 93.6 Å². The molecule has 1 aromatic rings. The van der Waals surface area contributed by atoms with Gasteiger partial charge in [-0.1, -0.05) is 27.8 Å². The molecule has 0 atom stereocenters. The molecule has 0 unspecified atom stereocenters. The Morgan fingerprint density at radius 1 is 1.60 bits per heavy atom. The van der Waals surface area contributed by atoms with Gasteiger partial charge in [-0.05, 0) is 6.07 Å². The Balaban J connectivity index is 3.34. The molecule has 0 amide bonds. The number of benzene rings is 1. The number of halogens is 2. The number of hydrogen-bond acceptors (Lipinski definition) is 3. The molecule has 1 rings (SSSR count). The number of nitro benzene ring substituents is 1. The third kappa shape index (κ3) is 2.67. The minimum absolute atomic E-state index is 0.116. The predicted octanol–water partition coefficient (Wildman–Crippen LogP) is 2.06. The van der Waals surface area contributed by atoms with Gasteiger partial charge < -0.3 is 5.73 Å². The molecule has 78 valence electrons. The highest BCUT2D eigenvalue weighted by atomic mass is 79.9. The van der Waals surface area contributed by atoms with E-state index in [2.05, 4.69) is 27.8 Å². The second kappa shape index (κ2) is 4.75. The fourth-order valence-electron chi connectivity index (χ4n) is 0.987. The van der Waals surface area contributed by atoms with Crippen LogP contribution >= 0.6 is 15.9 Å². The van der Waals surface area contributed by atoms with Crippen molar-refractivity contribution in [2.75, 3.05) is 11.1 Å². The molecule has 1 aromatic carbocycles. The van der Waals surface area contributed by atoms with Crippen LogP contribution in [-0.2, 0) is 0 Å². The van der Waals surface area contributed by atoms with E-state index in [1.54, 1.807) is 0 Å². The molecular formula is C9H6BrFN2O2. The molecule has 0 saturated heterocycles. The van der Waals surface area contributed by atoms with Crippen molar-refractivity contribution in [3.8, 4) is 11.8 Å². The van der Waals surface area contributed by atoms with E-state index in [4.69, 9.17) is 5.73 Å². The first-order chi connectivity index (χ1) is 7.06. The zero-order chi connectivity index (χ0) is 11.4. The first-order valence-electron chi connectivity index (χ1n) is 3.84. The predicted molar refractivity (Wildman–Crippen MR) is 58.1 cm³/mol. The molecule has 0 saturated carbocycles. The van der Waals surface area contributed by atoms with Gasteiger partial charge in [-0.15, -0.1) is 0 Å². The van der Waals surface area contributed by atoms with Crippen LogP contribution in [0.25, 0.3) is 0 Å². The van der Waals surface area contributed by atoms with Gasteiger partial charge in [0.05, 0.1) is 21.9 Å². The lowest BCUT2D eigenvalue weighted by Gasteiger charge is -2.00. The van der Waals surface area contributed by atoms with E-state index in [0.717, 1.165) is 12.1 Å². The Hall–Kier alpha value is -1.61. The van der Waals surface area contributed by atoms with Gasteiger partial charge in [0, 0.05) is 0 Å². The molecule has 0 spiro atoms. The highest BCUT2D eigenvalue weighted by Crippen LogP contribution is 2.25. The molecule has 2 N–H and O–H groups in total. The Morgan fingerprint density at radius 2 is 2.27 bits per heavy atom. The van der Waals surface area contributed by atoms with E-state index >= 15 is 0 Å². The SMILES string of the molecule is Nc1c(C#CCBr)cc(F)cc1[N+](=O)[O-]. The van der Waals surface area contributed by atoms with Crippen molar-refractivity contribution in [2.45, 2.75) is 0 Å². The van der Waals surface area contributed by atoms with Gasteiger partial charge in [-0.3, -0.25) is 10.1 Å². The number of nitrogens with zero attached hydrogens (tertiary/aromatic N) is 1. The van der Waals surface area contributed by atoms with Crippen LogP contribution < -0.4 is 5.73 Å². The van der Waals surface area contributed by atoms with Crippen molar-refractivity contribution in [1.82, 2.24) is 0 Å². The van der Waals surface area contributed by atoms with E-state index in [0.29, 0.717) is 5.33 Å². The molecule has 0 aliphatic heterocycles. The number of nitro groups is 1. The average Bonchev–Trinajstić information content (AvgIpc) is 2.18. The minimum atomic E-state index is -0.738. The quantitative estimate of drug-likeness (QED) is 0.280. The first kappa shape index (κ1) is 11.5. The summed E-state index contributed by atoms with van der Waals surface area (Å²) >= 11 is 3.06. The van der Waals surface area contributed by atoms with Gasteiger partial charge in [0.2, 0.25) is 0 Å². The smallest absolute Gasteiger partial charge is 0.296 e. The highest BCUT2D eigenvalue weighted by molar-refractivity contribution is 9.09. The third-order valence-electron chi connectivity index (χ3n) is 1.61. The molecule has 0 heterocycles. The number of anilines is 1. The third-order valence-corrected chi connectivity index (χ3v) is 1.89. The monoisotopic (exact) mass is 272 g/mol. The van der Waals surface area contributed by atoms with Gasteiger partial charge in [0.1, 0.15) is 11.5 Å². The minimum Gasteiger partial charge on any atom is -0.392 e. The molecule has 0 aliphatic carbocycles. The summed E-state index contributed by atoms with van der Waals surface area (Å²) in [5.41, 5.74) is 5.01. The number of hydrogen-bond donors (Lipinski definition) is 1. The summed E-state index contributed by atoms with van der Waals surface area (Å²) in [7, 11) is 0. The van der Waals surface area contributed by atoms with E-state index in [1.165, 1.54) is 0 Å². The maximum atomic E-state index is 13.0. The molecule has 6 heteroatoms. The maximum absolute atomic E-state index is 13.0. The zero-order valence-electron chi connectivity index (χ0n) is 7.46. The Kier molecular flexibility index (Phi) is 3.63.